The molecule has 1 saturated carbocycles. The van der Waals surface area contributed by atoms with Crippen LogP contribution in [0.3, 0.4) is 0 Å². The summed E-state index contributed by atoms with van der Waals surface area (Å²) in [4.78, 5) is 11.7. The second kappa shape index (κ2) is 7.83. The first kappa shape index (κ1) is 12.7. The number of Topliss-reactive ketones (excluding diaryl/α,β-unsaturated/α-hetero) is 1. The van der Waals surface area contributed by atoms with Gasteiger partial charge in [0.1, 0.15) is 6.61 Å². The van der Waals surface area contributed by atoms with E-state index in [1.807, 2.05) is 6.92 Å². The van der Waals surface area contributed by atoms with Gasteiger partial charge in [0.15, 0.2) is 5.78 Å². The van der Waals surface area contributed by atoms with Gasteiger partial charge in [-0.25, -0.2) is 0 Å². The molecule has 0 amide bonds. The van der Waals surface area contributed by atoms with Crippen molar-refractivity contribution in [1.29, 1.82) is 0 Å². The summed E-state index contributed by atoms with van der Waals surface area (Å²) in [5.41, 5.74) is 0. The molecule has 0 bridgehead atoms. The molecule has 15 heavy (non-hydrogen) atoms. The van der Waals surface area contributed by atoms with E-state index in [-0.39, 0.29) is 18.3 Å². The van der Waals surface area contributed by atoms with Crippen LogP contribution in [0.1, 0.15) is 39.0 Å². The Hall–Kier alpha value is -0.410. The molecule has 0 unspecified atom stereocenters. The summed E-state index contributed by atoms with van der Waals surface area (Å²) in [6, 6.07) is 0. The van der Waals surface area contributed by atoms with Crippen LogP contribution in [0.4, 0.5) is 0 Å². The molecule has 1 aliphatic rings. The first-order valence-electron chi connectivity index (χ1n) is 6.02. The van der Waals surface area contributed by atoms with Gasteiger partial charge in [0.05, 0.1) is 13.2 Å². The van der Waals surface area contributed by atoms with Gasteiger partial charge >= 0.3 is 0 Å². The van der Waals surface area contributed by atoms with Crippen LogP contribution in [0.15, 0.2) is 0 Å². The zero-order chi connectivity index (χ0) is 10.9. The first-order chi connectivity index (χ1) is 7.34. The molecule has 0 atom stereocenters. The fourth-order valence-corrected chi connectivity index (χ4v) is 1.98. The fourth-order valence-electron chi connectivity index (χ4n) is 1.98. The Kier molecular flexibility index (Phi) is 6.60. The third-order valence-corrected chi connectivity index (χ3v) is 2.88. The summed E-state index contributed by atoms with van der Waals surface area (Å²) in [6.45, 7) is 4.06. The monoisotopic (exact) mass is 214 g/mol. The van der Waals surface area contributed by atoms with Crippen molar-refractivity contribution < 1.29 is 14.3 Å². The number of hydrogen-bond donors (Lipinski definition) is 0. The molecular weight excluding hydrogens is 192 g/mol. The van der Waals surface area contributed by atoms with Crippen molar-refractivity contribution in [2.45, 2.75) is 39.0 Å². The Labute approximate surface area is 92.1 Å². The van der Waals surface area contributed by atoms with Gasteiger partial charge in [0.25, 0.3) is 0 Å². The van der Waals surface area contributed by atoms with E-state index in [9.17, 15) is 4.79 Å². The highest BCUT2D eigenvalue weighted by Crippen LogP contribution is 2.24. The molecule has 1 fully saturated rings. The summed E-state index contributed by atoms with van der Waals surface area (Å²) in [7, 11) is 0. The van der Waals surface area contributed by atoms with E-state index in [2.05, 4.69) is 0 Å². The predicted molar refractivity (Wildman–Crippen MR) is 58.9 cm³/mol. The van der Waals surface area contributed by atoms with Crippen molar-refractivity contribution in [2.75, 3.05) is 26.4 Å². The Morgan fingerprint density at radius 2 is 1.80 bits per heavy atom. The Morgan fingerprint density at radius 3 is 2.47 bits per heavy atom. The van der Waals surface area contributed by atoms with Gasteiger partial charge in [-0.15, -0.1) is 0 Å². The third-order valence-electron chi connectivity index (χ3n) is 2.88. The van der Waals surface area contributed by atoms with Crippen molar-refractivity contribution in [1.82, 2.24) is 0 Å². The minimum atomic E-state index is 0.269. The second-order valence-electron chi connectivity index (χ2n) is 4.05. The lowest BCUT2D eigenvalue weighted by Crippen LogP contribution is -2.23. The normalized spacial score (nSPS) is 17.9. The van der Waals surface area contributed by atoms with Gasteiger partial charge in [0, 0.05) is 12.5 Å². The van der Waals surface area contributed by atoms with Crippen LogP contribution in [-0.4, -0.2) is 32.2 Å². The Balaban J connectivity index is 2.02. The number of rotatable bonds is 7. The number of ketones is 1. The molecule has 0 aromatic carbocycles. The maximum Gasteiger partial charge on any atom is 0.161 e. The van der Waals surface area contributed by atoms with Crippen LogP contribution < -0.4 is 0 Å². The van der Waals surface area contributed by atoms with Crippen molar-refractivity contribution in [3.8, 4) is 0 Å². The Morgan fingerprint density at radius 1 is 1.13 bits per heavy atom. The number of carbonyl (C=O) groups excluding carboxylic acids is 1. The van der Waals surface area contributed by atoms with Gasteiger partial charge in [0.2, 0.25) is 0 Å². The molecule has 88 valence electrons. The van der Waals surface area contributed by atoms with Crippen molar-refractivity contribution in [3.05, 3.63) is 0 Å². The average molecular weight is 214 g/mol. The van der Waals surface area contributed by atoms with Crippen molar-refractivity contribution >= 4 is 5.78 Å². The molecule has 0 aromatic heterocycles. The van der Waals surface area contributed by atoms with Crippen LogP contribution in [0.25, 0.3) is 0 Å². The van der Waals surface area contributed by atoms with Crippen LogP contribution in [0.5, 0.6) is 0 Å². The number of hydrogen-bond acceptors (Lipinski definition) is 3. The zero-order valence-corrected chi connectivity index (χ0v) is 9.67. The highest BCUT2D eigenvalue weighted by atomic mass is 16.5. The lowest BCUT2D eigenvalue weighted by Gasteiger charge is -2.20. The average Bonchev–Trinajstić information content (AvgIpc) is 2.30. The molecule has 0 aromatic rings. The topological polar surface area (TPSA) is 35.5 Å². The molecule has 3 heteroatoms. The highest BCUT2D eigenvalue weighted by Gasteiger charge is 2.20. The van der Waals surface area contributed by atoms with Gasteiger partial charge in [-0.3, -0.25) is 4.79 Å². The second-order valence-corrected chi connectivity index (χ2v) is 4.05. The quantitative estimate of drug-likeness (QED) is 0.609. The molecule has 0 spiro atoms. The van der Waals surface area contributed by atoms with Crippen molar-refractivity contribution in [2.24, 2.45) is 5.92 Å². The maximum atomic E-state index is 11.7. The van der Waals surface area contributed by atoms with E-state index in [0.29, 0.717) is 19.8 Å². The van der Waals surface area contributed by atoms with Crippen molar-refractivity contribution in [3.63, 3.8) is 0 Å². The minimum Gasteiger partial charge on any atom is -0.379 e. The van der Waals surface area contributed by atoms with Crippen LogP contribution in [0, 0.1) is 5.92 Å². The number of ether oxygens (including phenoxy) is 2. The summed E-state index contributed by atoms with van der Waals surface area (Å²) >= 11 is 0. The zero-order valence-electron chi connectivity index (χ0n) is 9.67. The third kappa shape index (κ3) is 5.28. The SMILES string of the molecule is CCOCCOCC(=O)C1CCCCC1. The van der Waals surface area contributed by atoms with Crippen LogP contribution in [-0.2, 0) is 14.3 Å². The first-order valence-corrected chi connectivity index (χ1v) is 6.02. The van der Waals surface area contributed by atoms with E-state index in [0.717, 1.165) is 12.8 Å². The Bertz CT molecular complexity index is 174. The fraction of sp³-hybridized carbons (Fsp3) is 0.917. The molecular formula is C12H22O3. The number of carbonyl (C=O) groups is 1. The highest BCUT2D eigenvalue weighted by molar-refractivity contribution is 5.82. The molecule has 0 heterocycles. The summed E-state index contributed by atoms with van der Waals surface area (Å²) < 4.78 is 10.4. The van der Waals surface area contributed by atoms with E-state index < -0.39 is 0 Å². The van der Waals surface area contributed by atoms with Gasteiger partial charge < -0.3 is 9.47 Å². The predicted octanol–water partition coefficient (Wildman–Crippen LogP) is 2.19. The van der Waals surface area contributed by atoms with Gasteiger partial charge in [-0.2, -0.15) is 0 Å². The standard InChI is InChI=1S/C12H22O3/c1-2-14-8-9-15-10-12(13)11-6-4-3-5-7-11/h11H,2-10H2,1H3. The lowest BCUT2D eigenvalue weighted by molar-refractivity contribution is -0.128. The van der Waals surface area contributed by atoms with Crippen LogP contribution in [0.2, 0.25) is 0 Å². The van der Waals surface area contributed by atoms with E-state index in [1.165, 1.54) is 19.3 Å². The van der Waals surface area contributed by atoms with E-state index in [4.69, 9.17) is 9.47 Å². The molecule has 0 N–H and O–H groups in total. The van der Waals surface area contributed by atoms with E-state index in [1.54, 1.807) is 0 Å². The molecule has 0 saturated heterocycles. The summed E-state index contributed by atoms with van der Waals surface area (Å²) in [5.74, 6) is 0.553. The molecule has 1 rings (SSSR count). The molecule has 1 aliphatic carbocycles. The summed E-state index contributed by atoms with van der Waals surface area (Å²) in [6.07, 6.45) is 5.82. The van der Waals surface area contributed by atoms with E-state index >= 15 is 0 Å². The summed E-state index contributed by atoms with van der Waals surface area (Å²) in [5, 5.41) is 0. The molecule has 0 radical (unpaired) electrons. The molecule has 3 nitrogen and oxygen atoms in total. The lowest BCUT2D eigenvalue weighted by atomic mass is 9.86. The van der Waals surface area contributed by atoms with Gasteiger partial charge in [-0.1, -0.05) is 19.3 Å². The van der Waals surface area contributed by atoms with Crippen LogP contribution >= 0.6 is 0 Å². The minimum absolute atomic E-state index is 0.269. The van der Waals surface area contributed by atoms with Gasteiger partial charge in [-0.05, 0) is 19.8 Å². The smallest absolute Gasteiger partial charge is 0.161 e. The largest absolute Gasteiger partial charge is 0.379 e. The maximum absolute atomic E-state index is 11.7. The molecule has 0 aliphatic heterocycles.